The predicted octanol–water partition coefficient (Wildman–Crippen LogP) is 2.46. The molecule has 8 nitrogen and oxygen atoms in total. The van der Waals surface area contributed by atoms with Gasteiger partial charge in [-0.25, -0.2) is 5.43 Å². The molecular formula is C20H20N4O4. The van der Waals surface area contributed by atoms with E-state index in [0.29, 0.717) is 28.5 Å². The summed E-state index contributed by atoms with van der Waals surface area (Å²) in [4.78, 5) is 24.9. The fourth-order valence-corrected chi connectivity index (χ4v) is 2.68. The molecule has 0 unspecified atom stereocenters. The topological polar surface area (TPSA) is 92.6 Å². The minimum atomic E-state index is -0.639. The molecule has 1 aliphatic heterocycles. The van der Waals surface area contributed by atoms with Crippen LogP contribution in [0.5, 0.6) is 11.5 Å². The number of para-hydroxylation sites is 1. The zero-order valence-electron chi connectivity index (χ0n) is 15.7. The zero-order chi connectivity index (χ0) is 20.1. The van der Waals surface area contributed by atoms with Crippen molar-refractivity contribution in [1.29, 1.82) is 0 Å². The molecule has 3 rings (SSSR count). The van der Waals surface area contributed by atoms with E-state index in [1.807, 2.05) is 18.2 Å². The average molecular weight is 380 g/mol. The van der Waals surface area contributed by atoms with Crippen LogP contribution < -0.4 is 19.9 Å². The lowest BCUT2D eigenvalue weighted by Gasteiger charge is -2.12. The van der Waals surface area contributed by atoms with Crippen LogP contribution in [0.3, 0.4) is 0 Å². The summed E-state index contributed by atoms with van der Waals surface area (Å²) < 4.78 is 10.3. The van der Waals surface area contributed by atoms with Crippen LogP contribution in [-0.2, 0) is 4.79 Å². The molecule has 0 radical (unpaired) electrons. The Bertz CT molecular complexity index is 918. The molecule has 0 saturated heterocycles. The van der Waals surface area contributed by atoms with Crippen LogP contribution in [0.4, 0.5) is 5.69 Å². The Balaban J connectivity index is 1.69. The number of ether oxygens (including phenoxy) is 2. The van der Waals surface area contributed by atoms with Crippen LogP contribution in [-0.4, -0.2) is 38.0 Å². The van der Waals surface area contributed by atoms with Gasteiger partial charge in [0.2, 0.25) is 0 Å². The van der Waals surface area contributed by atoms with Crippen LogP contribution >= 0.6 is 0 Å². The van der Waals surface area contributed by atoms with Gasteiger partial charge in [-0.3, -0.25) is 9.59 Å². The maximum absolute atomic E-state index is 12.6. The second-order valence-corrected chi connectivity index (χ2v) is 6.03. The minimum absolute atomic E-state index is 0.232. The summed E-state index contributed by atoms with van der Waals surface area (Å²) in [6.07, 6.45) is 1.37. The molecular weight excluding hydrogens is 360 g/mol. The Morgan fingerprint density at radius 1 is 1.14 bits per heavy atom. The summed E-state index contributed by atoms with van der Waals surface area (Å²) in [5, 5.41) is 9.56. The highest BCUT2D eigenvalue weighted by molar-refractivity contribution is 6.23. The molecule has 1 aliphatic rings. The first-order valence-corrected chi connectivity index (χ1v) is 8.54. The molecule has 2 amide bonds. The maximum Gasteiger partial charge on any atom is 0.271 e. The smallest absolute Gasteiger partial charge is 0.271 e. The van der Waals surface area contributed by atoms with Gasteiger partial charge in [-0.2, -0.15) is 15.2 Å². The van der Waals surface area contributed by atoms with Gasteiger partial charge in [-0.15, -0.1) is 0 Å². The normalized spacial score (nSPS) is 16.2. The number of hydrogen-bond acceptors (Lipinski definition) is 6. The van der Waals surface area contributed by atoms with E-state index in [1.54, 1.807) is 37.3 Å². The quantitative estimate of drug-likeness (QED) is 0.615. The molecule has 1 atom stereocenters. The third-order valence-corrected chi connectivity index (χ3v) is 4.19. The summed E-state index contributed by atoms with van der Waals surface area (Å²) in [6.45, 7) is 1.74. The molecule has 1 N–H and O–H groups in total. The minimum Gasteiger partial charge on any atom is -0.497 e. The van der Waals surface area contributed by atoms with E-state index < -0.39 is 11.8 Å². The summed E-state index contributed by atoms with van der Waals surface area (Å²) >= 11 is 0. The van der Waals surface area contributed by atoms with Crippen LogP contribution in [0.25, 0.3) is 0 Å². The van der Waals surface area contributed by atoms with E-state index in [1.165, 1.54) is 25.4 Å². The van der Waals surface area contributed by atoms with Crippen molar-refractivity contribution in [2.24, 2.45) is 16.1 Å². The highest BCUT2D eigenvalue weighted by Crippen LogP contribution is 2.23. The lowest BCUT2D eigenvalue weighted by molar-refractivity contribution is -0.118. The molecule has 144 valence electrons. The molecule has 8 heteroatoms. The third-order valence-electron chi connectivity index (χ3n) is 4.19. The van der Waals surface area contributed by atoms with Crippen molar-refractivity contribution >= 4 is 29.4 Å². The van der Waals surface area contributed by atoms with Gasteiger partial charge < -0.3 is 9.47 Å². The monoisotopic (exact) mass is 380 g/mol. The van der Waals surface area contributed by atoms with Crippen molar-refractivity contribution in [2.45, 2.75) is 6.92 Å². The Hall–Kier alpha value is -3.68. The lowest BCUT2D eigenvalue weighted by Crippen LogP contribution is -2.29. The van der Waals surface area contributed by atoms with Gasteiger partial charge in [-0.1, -0.05) is 18.2 Å². The highest BCUT2D eigenvalue weighted by Gasteiger charge is 2.33. The van der Waals surface area contributed by atoms with Crippen LogP contribution in [0.1, 0.15) is 17.3 Å². The Morgan fingerprint density at radius 3 is 2.39 bits per heavy atom. The Morgan fingerprint density at radius 2 is 1.79 bits per heavy atom. The number of nitrogens with one attached hydrogen (secondary N) is 1. The number of amides is 2. The molecule has 28 heavy (non-hydrogen) atoms. The predicted molar refractivity (Wildman–Crippen MR) is 106 cm³/mol. The van der Waals surface area contributed by atoms with Gasteiger partial charge >= 0.3 is 0 Å². The fourth-order valence-electron chi connectivity index (χ4n) is 2.68. The first-order chi connectivity index (χ1) is 13.5. The van der Waals surface area contributed by atoms with Crippen molar-refractivity contribution in [3.8, 4) is 11.5 Å². The zero-order valence-corrected chi connectivity index (χ0v) is 15.7. The van der Waals surface area contributed by atoms with Crippen molar-refractivity contribution in [3.05, 3.63) is 54.1 Å². The van der Waals surface area contributed by atoms with E-state index in [0.717, 1.165) is 0 Å². The van der Waals surface area contributed by atoms with Gasteiger partial charge in [0, 0.05) is 17.8 Å². The molecule has 0 fully saturated rings. The summed E-state index contributed by atoms with van der Waals surface area (Å²) in [5.41, 5.74) is 4.01. The van der Waals surface area contributed by atoms with E-state index in [4.69, 9.17) is 9.47 Å². The maximum atomic E-state index is 12.6. The number of hydrazone groups is 2. The van der Waals surface area contributed by atoms with Crippen LogP contribution in [0.15, 0.2) is 58.7 Å². The fraction of sp³-hybridized carbons (Fsp3) is 0.200. The molecule has 0 saturated carbocycles. The van der Waals surface area contributed by atoms with Crippen molar-refractivity contribution < 1.29 is 19.1 Å². The number of hydrogen-bond donors (Lipinski definition) is 1. The molecule has 0 bridgehead atoms. The summed E-state index contributed by atoms with van der Waals surface area (Å²) in [6, 6.07) is 13.9. The SMILES string of the molecule is COc1cc(OC)cc(C(=O)N/N=C/[C@H]2C(=O)N(c3ccccc3)N=C2C)c1. The summed E-state index contributed by atoms with van der Waals surface area (Å²) in [7, 11) is 3.00. The summed E-state index contributed by atoms with van der Waals surface area (Å²) in [5.74, 6) is -0.347. The average Bonchev–Trinajstić information content (AvgIpc) is 3.02. The number of benzene rings is 2. The van der Waals surface area contributed by atoms with Gasteiger partial charge in [0.05, 0.1) is 25.6 Å². The second kappa shape index (κ2) is 8.34. The number of carbonyl (C=O) groups excluding carboxylic acids is 2. The second-order valence-electron chi connectivity index (χ2n) is 6.03. The molecule has 0 aromatic heterocycles. The van der Waals surface area contributed by atoms with Gasteiger partial charge in [-0.05, 0) is 31.2 Å². The molecule has 2 aromatic carbocycles. The molecule has 2 aromatic rings. The highest BCUT2D eigenvalue weighted by atomic mass is 16.5. The van der Waals surface area contributed by atoms with E-state index in [2.05, 4.69) is 15.6 Å². The van der Waals surface area contributed by atoms with E-state index >= 15 is 0 Å². The Labute approximate surface area is 162 Å². The molecule has 0 aliphatic carbocycles. The van der Waals surface area contributed by atoms with Gasteiger partial charge in [0.1, 0.15) is 17.4 Å². The number of rotatable bonds is 6. The van der Waals surface area contributed by atoms with Crippen LogP contribution in [0.2, 0.25) is 0 Å². The van der Waals surface area contributed by atoms with Gasteiger partial charge in [0.25, 0.3) is 11.8 Å². The van der Waals surface area contributed by atoms with E-state index in [9.17, 15) is 9.59 Å². The number of nitrogens with zero attached hydrogens (tertiary/aromatic N) is 3. The largest absolute Gasteiger partial charge is 0.497 e. The van der Waals surface area contributed by atoms with Gasteiger partial charge in [0.15, 0.2) is 0 Å². The number of carbonyl (C=O) groups is 2. The molecule has 1 heterocycles. The number of anilines is 1. The third kappa shape index (κ3) is 4.01. The van der Waals surface area contributed by atoms with Crippen molar-refractivity contribution in [2.75, 3.05) is 19.2 Å². The molecule has 0 spiro atoms. The lowest BCUT2D eigenvalue weighted by atomic mass is 10.1. The standard InChI is InChI=1S/C20H20N4O4/c1-13-18(20(26)24(23-13)15-7-5-4-6-8-15)12-21-22-19(25)14-9-16(27-2)11-17(10-14)28-3/h4-12,18H,1-3H3,(H,22,25)/b21-12+/t18-/m1/s1. The van der Waals surface area contributed by atoms with Crippen molar-refractivity contribution in [3.63, 3.8) is 0 Å². The first kappa shape index (κ1) is 19.1. The van der Waals surface area contributed by atoms with Crippen LogP contribution in [0, 0.1) is 5.92 Å². The number of methoxy groups -OCH3 is 2. The van der Waals surface area contributed by atoms with Crippen molar-refractivity contribution in [1.82, 2.24) is 5.43 Å². The van der Waals surface area contributed by atoms with E-state index in [-0.39, 0.29) is 5.91 Å². The first-order valence-electron chi connectivity index (χ1n) is 8.54. The Kier molecular flexibility index (Phi) is 5.69.